The van der Waals surface area contributed by atoms with E-state index in [0.29, 0.717) is 5.92 Å². The van der Waals surface area contributed by atoms with Crippen LogP contribution in [0.25, 0.3) is 0 Å². The molecule has 1 rings (SSSR count). The van der Waals surface area contributed by atoms with Crippen LogP contribution in [-0.4, -0.2) is 6.54 Å². The molecule has 0 fully saturated rings. The van der Waals surface area contributed by atoms with E-state index in [1.807, 2.05) is 11.3 Å². The minimum atomic E-state index is 0.684. The van der Waals surface area contributed by atoms with Gasteiger partial charge in [0.25, 0.3) is 0 Å². The predicted molar refractivity (Wildman–Crippen MR) is 64.9 cm³/mol. The lowest BCUT2D eigenvalue weighted by atomic mass is 9.99. The summed E-state index contributed by atoms with van der Waals surface area (Å²) in [5, 5.41) is 0. The maximum absolute atomic E-state index is 5.75. The smallest absolute Gasteiger partial charge is 0.00514 e. The second-order valence-electron chi connectivity index (χ2n) is 3.82. The van der Waals surface area contributed by atoms with Crippen LogP contribution >= 0.6 is 11.3 Å². The number of rotatable bonds is 6. The van der Waals surface area contributed by atoms with E-state index >= 15 is 0 Å². The van der Waals surface area contributed by atoms with Gasteiger partial charge in [-0.2, -0.15) is 0 Å². The Labute approximate surface area is 91.3 Å². The van der Waals surface area contributed by atoms with Crippen molar-refractivity contribution in [2.75, 3.05) is 6.54 Å². The zero-order valence-electron chi connectivity index (χ0n) is 9.25. The largest absolute Gasteiger partial charge is 0.330 e. The first kappa shape index (κ1) is 11.7. The van der Waals surface area contributed by atoms with Crippen LogP contribution in [0.4, 0.5) is 0 Å². The molecule has 0 amide bonds. The van der Waals surface area contributed by atoms with Gasteiger partial charge in [-0.1, -0.05) is 20.3 Å². The van der Waals surface area contributed by atoms with Gasteiger partial charge in [-0.25, -0.2) is 0 Å². The Bertz CT molecular complexity index is 255. The highest BCUT2D eigenvalue weighted by Gasteiger charge is 2.08. The Morgan fingerprint density at radius 1 is 1.29 bits per heavy atom. The highest BCUT2D eigenvalue weighted by molar-refractivity contribution is 7.11. The monoisotopic (exact) mass is 211 g/mol. The zero-order valence-corrected chi connectivity index (χ0v) is 10.1. The lowest BCUT2D eigenvalue weighted by molar-refractivity contribution is 0.491. The van der Waals surface area contributed by atoms with Crippen LogP contribution in [0.2, 0.25) is 0 Å². The molecule has 0 aliphatic rings. The fraction of sp³-hybridized carbons (Fsp3) is 0.667. The third-order valence-electron chi connectivity index (χ3n) is 2.59. The molecular weight excluding hydrogens is 190 g/mol. The molecule has 1 aromatic rings. The van der Waals surface area contributed by atoms with Crippen molar-refractivity contribution in [3.63, 3.8) is 0 Å². The van der Waals surface area contributed by atoms with Crippen molar-refractivity contribution in [3.8, 4) is 0 Å². The molecule has 1 aromatic heterocycles. The fourth-order valence-corrected chi connectivity index (χ4v) is 2.79. The molecule has 0 aliphatic heterocycles. The number of nitrogens with two attached hydrogens (primary N) is 1. The molecule has 1 nitrogen and oxygen atoms in total. The standard InChI is InChI=1S/C12H21NS/c1-3-5-10(9-13)8-12-7-6-11(4-2)14-12/h6-7,10H,3-5,8-9,13H2,1-2H3. The minimum absolute atomic E-state index is 0.684. The van der Waals surface area contributed by atoms with Crippen molar-refractivity contribution in [2.24, 2.45) is 11.7 Å². The van der Waals surface area contributed by atoms with Gasteiger partial charge in [-0.05, 0) is 43.9 Å². The molecule has 0 saturated carbocycles. The predicted octanol–water partition coefficient (Wildman–Crippen LogP) is 3.23. The molecule has 1 atom stereocenters. The van der Waals surface area contributed by atoms with E-state index in [-0.39, 0.29) is 0 Å². The molecule has 0 aromatic carbocycles. The van der Waals surface area contributed by atoms with Crippen LogP contribution in [0, 0.1) is 5.92 Å². The topological polar surface area (TPSA) is 26.0 Å². The Hall–Kier alpha value is -0.340. The van der Waals surface area contributed by atoms with Crippen molar-refractivity contribution < 1.29 is 0 Å². The van der Waals surface area contributed by atoms with Gasteiger partial charge < -0.3 is 5.73 Å². The van der Waals surface area contributed by atoms with Gasteiger partial charge in [0.1, 0.15) is 0 Å². The summed E-state index contributed by atoms with van der Waals surface area (Å²) in [5.74, 6) is 0.684. The molecule has 2 heteroatoms. The summed E-state index contributed by atoms with van der Waals surface area (Å²) in [6.45, 7) is 5.27. The summed E-state index contributed by atoms with van der Waals surface area (Å²) in [6, 6.07) is 4.52. The van der Waals surface area contributed by atoms with Gasteiger partial charge in [0, 0.05) is 9.75 Å². The molecule has 0 aliphatic carbocycles. The molecule has 2 N–H and O–H groups in total. The quantitative estimate of drug-likeness (QED) is 0.768. The number of hydrogen-bond acceptors (Lipinski definition) is 2. The summed E-state index contributed by atoms with van der Waals surface area (Å²) in [7, 11) is 0. The summed E-state index contributed by atoms with van der Waals surface area (Å²) in [4.78, 5) is 3.00. The second-order valence-corrected chi connectivity index (χ2v) is 5.07. The first-order valence-corrected chi connectivity index (χ1v) is 6.39. The van der Waals surface area contributed by atoms with Crippen LogP contribution in [0.1, 0.15) is 36.4 Å². The van der Waals surface area contributed by atoms with E-state index in [0.717, 1.165) is 13.0 Å². The average Bonchev–Trinajstić information content (AvgIpc) is 2.65. The summed E-state index contributed by atoms with van der Waals surface area (Å²) < 4.78 is 0. The minimum Gasteiger partial charge on any atom is -0.330 e. The lowest BCUT2D eigenvalue weighted by Crippen LogP contribution is -2.16. The van der Waals surface area contributed by atoms with Gasteiger partial charge in [-0.15, -0.1) is 11.3 Å². The van der Waals surface area contributed by atoms with Gasteiger partial charge in [0.05, 0.1) is 0 Å². The molecule has 1 heterocycles. The Balaban J connectivity index is 2.48. The maximum atomic E-state index is 5.75. The lowest BCUT2D eigenvalue weighted by Gasteiger charge is -2.11. The van der Waals surface area contributed by atoms with Crippen molar-refractivity contribution in [1.82, 2.24) is 0 Å². The highest BCUT2D eigenvalue weighted by atomic mass is 32.1. The van der Waals surface area contributed by atoms with Crippen LogP contribution in [0.15, 0.2) is 12.1 Å². The van der Waals surface area contributed by atoms with E-state index < -0.39 is 0 Å². The Kier molecular flexibility index (Phi) is 5.20. The van der Waals surface area contributed by atoms with Crippen molar-refractivity contribution in [3.05, 3.63) is 21.9 Å². The van der Waals surface area contributed by atoms with Gasteiger partial charge in [-0.3, -0.25) is 0 Å². The molecule has 0 bridgehead atoms. The third kappa shape index (κ3) is 3.43. The van der Waals surface area contributed by atoms with Crippen LogP contribution in [-0.2, 0) is 12.8 Å². The number of aryl methyl sites for hydroxylation is 1. The van der Waals surface area contributed by atoms with Crippen LogP contribution in [0.3, 0.4) is 0 Å². The first-order valence-electron chi connectivity index (χ1n) is 5.57. The highest BCUT2D eigenvalue weighted by Crippen LogP contribution is 2.21. The van der Waals surface area contributed by atoms with Gasteiger partial charge >= 0.3 is 0 Å². The number of hydrogen-bond donors (Lipinski definition) is 1. The second kappa shape index (κ2) is 6.20. The maximum Gasteiger partial charge on any atom is 0.00514 e. The normalized spacial score (nSPS) is 13.1. The molecule has 1 unspecified atom stereocenters. The van der Waals surface area contributed by atoms with E-state index in [9.17, 15) is 0 Å². The van der Waals surface area contributed by atoms with Crippen LogP contribution in [0.5, 0.6) is 0 Å². The van der Waals surface area contributed by atoms with E-state index in [2.05, 4.69) is 26.0 Å². The summed E-state index contributed by atoms with van der Waals surface area (Å²) in [5.41, 5.74) is 5.75. The first-order chi connectivity index (χ1) is 6.80. The molecular formula is C12H21NS. The average molecular weight is 211 g/mol. The summed E-state index contributed by atoms with van der Waals surface area (Å²) >= 11 is 1.95. The fourth-order valence-electron chi connectivity index (χ4n) is 1.72. The van der Waals surface area contributed by atoms with Crippen molar-refractivity contribution in [1.29, 1.82) is 0 Å². The Morgan fingerprint density at radius 3 is 2.50 bits per heavy atom. The molecule has 0 saturated heterocycles. The van der Waals surface area contributed by atoms with Gasteiger partial charge in [0.2, 0.25) is 0 Å². The van der Waals surface area contributed by atoms with E-state index in [1.54, 1.807) is 0 Å². The SMILES string of the molecule is CCCC(CN)Cc1ccc(CC)s1. The number of thiophene rings is 1. The zero-order chi connectivity index (χ0) is 10.4. The molecule has 80 valence electrons. The van der Waals surface area contributed by atoms with Gasteiger partial charge in [0.15, 0.2) is 0 Å². The molecule has 14 heavy (non-hydrogen) atoms. The van der Waals surface area contributed by atoms with Crippen molar-refractivity contribution in [2.45, 2.75) is 39.5 Å². The summed E-state index contributed by atoms with van der Waals surface area (Å²) in [6.07, 6.45) is 4.84. The van der Waals surface area contributed by atoms with Crippen molar-refractivity contribution >= 4 is 11.3 Å². The molecule has 0 radical (unpaired) electrons. The van der Waals surface area contributed by atoms with Crippen LogP contribution < -0.4 is 5.73 Å². The van der Waals surface area contributed by atoms with E-state index in [1.165, 1.54) is 29.0 Å². The third-order valence-corrected chi connectivity index (χ3v) is 3.84. The van der Waals surface area contributed by atoms with E-state index in [4.69, 9.17) is 5.73 Å². The Morgan fingerprint density at radius 2 is 2.00 bits per heavy atom. The molecule has 0 spiro atoms.